The zero-order valence-corrected chi connectivity index (χ0v) is 20.4. The minimum Gasteiger partial charge on any atom is -0.354 e. The quantitative estimate of drug-likeness (QED) is 0.519. The number of rotatable bonds is 5. The summed E-state index contributed by atoms with van der Waals surface area (Å²) in [6.45, 7) is 9.20. The topological polar surface area (TPSA) is 49.3 Å². The molecule has 5 nitrogen and oxygen atoms in total. The molecule has 172 valence electrons. The molecule has 2 aromatic carbocycles. The SMILES string of the molecule is CCc1nc(C)nc(N2CCCN(C(=O)c3cccc(Cl)c3)CC2)c1Cc1ccc(C)cc1. The molecule has 1 aromatic heterocycles. The summed E-state index contributed by atoms with van der Waals surface area (Å²) >= 11 is 6.11. The summed E-state index contributed by atoms with van der Waals surface area (Å²) in [6.07, 6.45) is 2.56. The summed E-state index contributed by atoms with van der Waals surface area (Å²) in [5.74, 6) is 1.84. The number of carbonyl (C=O) groups is 1. The average molecular weight is 463 g/mol. The van der Waals surface area contributed by atoms with Crippen molar-refractivity contribution in [2.45, 2.75) is 40.0 Å². The van der Waals surface area contributed by atoms with Crippen molar-refractivity contribution in [3.8, 4) is 0 Å². The van der Waals surface area contributed by atoms with Gasteiger partial charge in [0.05, 0.1) is 0 Å². The van der Waals surface area contributed by atoms with Gasteiger partial charge in [0.2, 0.25) is 0 Å². The largest absolute Gasteiger partial charge is 0.354 e. The molecule has 0 bridgehead atoms. The van der Waals surface area contributed by atoms with E-state index in [1.165, 1.54) is 16.7 Å². The van der Waals surface area contributed by atoms with E-state index in [1.54, 1.807) is 12.1 Å². The first-order valence-corrected chi connectivity index (χ1v) is 12.0. The highest BCUT2D eigenvalue weighted by atomic mass is 35.5. The van der Waals surface area contributed by atoms with Gasteiger partial charge in [-0.25, -0.2) is 9.97 Å². The van der Waals surface area contributed by atoms with Crippen molar-refractivity contribution in [1.82, 2.24) is 14.9 Å². The van der Waals surface area contributed by atoms with E-state index in [0.717, 1.165) is 56.2 Å². The molecule has 1 amide bonds. The summed E-state index contributed by atoms with van der Waals surface area (Å²) in [5, 5.41) is 0.585. The van der Waals surface area contributed by atoms with Crippen LogP contribution < -0.4 is 4.90 Å². The first kappa shape index (κ1) is 23.2. The molecule has 1 saturated heterocycles. The molecule has 6 heteroatoms. The molecular weight excluding hydrogens is 432 g/mol. The maximum Gasteiger partial charge on any atom is 0.253 e. The van der Waals surface area contributed by atoms with Crippen LogP contribution in [0.15, 0.2) is 48.5 Å². The predicted molar refractivity (Wildman–Crippen MR) is 134 cm³/mol. The number of halogens is 1. The summed E-state index contributed by atoms with van der Waals surface area (Å²) in [4.78, 5) is 27.0. The third-order valence-corrected chi connectivity index (χ3v) is 6.41. The number of benzene rings is 2. The van der Waals surface area contributed by atoms with E-state index in [2.05, 4.69) is 43.0 Å². The fourth-order valence-electron chi connectivity index (χ4n) is 4.42. The number of aryl methyl sites for hydroxylation is 3. The van der Waals surface area contributed by atoms with Crippen molar-refractivity contribution in [1.29, 1.82) is 0 Å². The zero-order valence-electron chi connectivity index (χ0n) is 19.6. The lowest BCUT2D eigenvalue weighted by molar-refractivity contribution is 0.0767. The van der Waals surface area contributed by atoms with E-state index in [9.17, 15) is 4.79 Å². The molecule has 1 aliphatic rings. The minimum absolute atomic E-state index is 0.0346. The Labute approximate surface area is 201 Å². The van der Waals surface area contributed by atoms with E-state index in [0.29, 0.717) is 17.1 Å². The Kier molecular flexibility index (Phi) is 7.29. The highest BCUT2D eigenvalue weighted by Gasteiger charge is 2.24. The molecule has 0 spiro atoms. The third-order valence-electron chi connectivity index (χ3n) is 6.17. The van der Waals surface area contributed by atoms with Crippen LogP contribution in [0.25, 0.3) is 0 Å². The normalized spacial score (nSPS) is 14.3. The highest BCUT2D eigenvalue weighted by molar-refractivity contribution is 6.30. The Bertz CT molecular complexity index is 1130. The second kappa shape index (κ2) is 10.3. The smallest absolute Gasteiger partial charge is 0.253 e. The maximum absolute atomic E-state index is 13.1. The van der Waals surface area contributed by atoms with Gasteiger partial charge >= 0.3 is 0 Å². The van der Waals surface area contributed by atoms with Gasteiger partial charge in [0.1, 0.15) is 11.6 Å². The maximum atomic E-state index is 13.1. The molecule has 0 aliphatic carbocycles. The Balaban J connectivity index is 1.58. The molecule has 33 heavy (non-hydrogen) atoms. The molecule has 0 unspecified atom stereocenters. The van der Waals surface area contributed by atoms with Gasteiger partial charge in [-0.2, -0.15) is 0 Å². The van der Waals surface area contributed by atoms with Gasteiger partial charge in [-0.1, -0.05) is 54.4 Å². The van der Waals surface area contributed by atoms with Gasteiger partial charge in [0.25, 0.3) is 5.91 Å². The van der Waals surface area contributed by atoms with Crippen LogP contribution in [0.2, 0.25) is 5.02 Å². The molecular formula is C27H31ClN4O. The van der Waals surface area contributed by atoms with E-state index >= 15 is 0 Å². The molecule has 0 N–H and O–H groups in total. The van der Waals surface area contributed by atoms with Gasteiger partial charge in [-0.3, -0.25) is 4.79 Å². The monoisotopic (exact) mass is 462 g/mol. The van der Waals surface area contributed by atoms with Crippen molar-refractivity contribution in [3.05, 3.63) is 87.3 Å². The fourth-order valence-corrected chi connectivity index (χ4v) is 4.61. The summed E-state index contributed by atoms with van der Waals surface area (Å²) in [6, 6.07) is 15.9. The van der Waals surface area contributed by atoms with Crippen LogP contribution in [0.4, 0.5) is 5.82 Å². The van der Waals surface area contributed by atoms with Gasteiger partial charge in [-0.15, -0.1) is 0 Å². The molecule has 0 atom stereocenters. The Morgan fingerprint density at radius 2 is 1.79 bits per heavy atom. The van der Waals surface area contributed by atoms with Gasteiger partial charge in [0.15, 0.2) is 0 Å². The molecule has 0 saturated carbocycles. The Hall–Kier alpha value is -2.92. The molecule has 1 fully saturated rings. The molecule has 0 radical (unpaired) electrons. The summed E-state index contributed by atoms with van der Waals surface area (Å²) < 4.78 is 0. The number of aromatic nitrogens is 2. The van der Waals surface area contributed by atoms with Crippen LogP contribution in [0.5, 0.6) is 0 Å². The first-order valence-electron chi connectivity index (χ1n) is 11.7. The van der Waals surface area contributed by atoms with Crippen LogP contribution in [0.1, 0.15) is 51.9 Å². The van der Waals surface area contributed by atoms with Crippen LogP contribution in [0, 0.1) is 13.8 Å². The zero-order chi connectivity index (χ0) is 23.4. The molecule has 4 rings (SSSR count). The number of carbonyl (C=O) groups excluding carboxylic acids is 1. The van der Waals surface area contributed by atoms with Crippen molar-refractivity contribution < 1.29 is 4.79 Å². The van der Waals surface area contributed by atoms with Crippen LogP contribution >= 0.6 is 11.6 Å². The number of amides is 1. The van der Waals surface area contributed by atoms with Crippen molar-refractivity contribution in [3.63, 3.8) is 0 Å². The minimum atomic E-state index is 0.0346. The van der Waals surface area contributed by atoms with E-state index < -0.39 is 0 Å². The Morgan fingerprint density at radius 1 is 1.00 bits per heavy atom. The average Bonchev–Trinajstić information content (AvgIpc) is 3.07. The summed E-state index contributed by atoms with van der Waals surface area (Å²) in [7, 11) is 0. The second-order valence-corrected chi connectivity index (χ2v) is 9.12. The van der Waals surface area contributed by atoms with Crippen LogP contribution in [0.3, 0.4) is 0 Å². The van der Waals surface area contributed by atoms with Gasteiger partial charge in [-0.05, 0) is 50.5 Å². The highest BCUT2D eigenvalue weighted by Crippen LogP contribution is 2.26. The molecule has 1 aliphatic heterocycles. The number of hydrogen-bond acceptors (Lipinski definition) is 4. The standard InChI is InChI=1S/C27H31ClN4O/c1-4-25-24(17-21-11-9-19(2)10-12-21)26(30-20(3)29-25)31-13-6-14-32(16-15-31)27(33)22-7-5-8-23(28)18-22/h5,7-12,18H,4,6,13-17H2,1-3H3. The van der Waals surface area contributed by atoms with E-state index in [-0.39, 0.29) is 5.91 Å². The van der Waals surface area contributed by atoms with Crippen molar-refractivity contribution >= 4 is 23.3 Å². The van der Waals surface area contributed by atoms with E-state index in [1.807, 2.05) is 24.0 Å². The molecule has 3 aromatic rings. The van der Waals surface area contributed by atoms with Crippen molar-refractivity contribution in [2.24, 2.45) is 0 Å². The molecule has 2 heterocycles. The Morgan fingerprint density at radius 3 is 2.52 bits per heavy atom. The number of hydrogen-bond donors (Lipinski definition) is 0. The van der Waals surface area contributed by atoms with Crippen LogP contribution in [-0.4, -0.2) is 47.0 Å². The fraction of sp³-hybridized carbons (Fsp3) is 0.370. The van der Waals surface area contributed by atoms with Gasteiger partial charge in [0, 0.05) is 54.4 Å². The summed E-state index contributed by atoms with van der Waals surface area (Å²) in [5.41, 5.74) is 5.46. The number of nitrogens with zero attached hydrogens (tertiary/aromatic N) is 4. The third kappa shape index (κ3) is 5.53. The lowest BCUT2D eigenvalue weighted by atomic mass is 10.0. The lowest BCUT2D eigenvalue weighted by Crippen LogP contribution is -2.35. The van der Waals surface area contributed by atoms with Gasteiger partial charge < -0.3 is 9.80 Å². The van der Waals surface area contributed by atoms with E-state index in [4.69, 9.17) is 21.6 Å². The first-order chi connectivity index (χ1) is 15.9. The lowest BCUT2D eigenvalue weighted by Gasteiger charge is -2.26. The van der Waals surface area contributed by atoms with Crippen LogP contribution in [-0.2, 0) is 12.8 Å². The predicted octanol–water partition coefficient (Wildman–Crippen LogP) is 5.25. The number of anilines is 1. The van der Waals surface area contributed by atoms with Crippen molar-refractivity contribution in [2.75, 3.05) is 31.1 Å². The second-order valence-electron chi connectivity index (χ2n) is 8.68.